The van der Waals surface area contributed by atoms with Crippen LogP contribution in [0.2, 0.25) is 5.02 Å². The van der Waals surface area contributed by atoms with Crippen LogP contribution >= 0.6 is 23.8 Å². The molecule has 2 rings (SSSR count). The van der Waals surface area contributed by atoms with Gasteiger partial charge in [-0.3, -0.25) is 0 Å². The summed E-state index contributed by atoms with van der Waals surface area (Å²) in [7, 11) is 3.09. The maximum Gasteiger partial charge on any atom is 0.175 e. The summed E-state index contributed by atoms with van der Waals surface area (Å²) >= 11 is 11.4. The number of nitrogen functional groups attached to an aromatic ring is 1. The molecule has 0 amide bonds. The molecule has 0 unspecified atom stereocenters. The summed E-state index contributed by atoms with van der Waals surface area (Å²) in [4.78, 5) is 3.98. The molecular formula is C14H15ClN4O2S. The number of nitrogens with zero attached hydrogens (tertiary/aromatic N) is 1. The summed E-state index contributed by atoms with van der Waals surface area (Å²) < 4.78 is 10.4. The molecule has 0 atom stereocenters. The van der Waals surface area contributed by atoms with Gasteiger partial charge < -0.3 is 25.8 Å². The van der Waals surface area contributed by atoms with Gasteiger partial charge in [0.15, 0.2) is 5.11 Å². The highest BCUT2D eigenvalue weighted by atomic mass is 35.5. The maximum absolute atomic E-state index is 6.11. The minimum atomic E-state index is 0.367. The third kappa shape index (κ3) is 3.90. The Balaban J connectivity index is 2.14. The Morgan fingerprint density at radius 1 is 1.18 bits per heavy atom. The minimum absolute atomic E-state index is 0.367. The highest BCUT2D eigenvalue weighted by molar-refractivity contribution is 7.80. The molecule has 8 heteroatoms. The molecular weight excluding hydrogens is 324 g/mol. The largest absolute Gasteiger partial charge is 0.495 e. The number of benzene rings is 1. The second kappa shape index (κ2) is 7.15. The van der Waals surface area contributed by atoms with Gasteiger partial charge in [-0.15, -0.1) is 0 Å². The highest BCUT2D eigenvalue weighted by Crippen LogP contribution is 2.35. The highest BCUT2D eigenvalue weighted by Gasteiger charge is 2.11. The van der Waals surface area contributed by atoms with E-state index in [-0.39, 0.29) is 0 Å². The van der Waals surface area contributed by atoms with E-state index in [2.05, 4.69) is 15.6 Å². The van der Waals surface area contributed by atoms with Gasteiger partial charge in [-0.1, -0.05) is 11.6 Å². The topological polar surface area (TPSA) is 81.4 Å². The van der Waals surface area contributed by atoms with Crippen molar-refractivity contribution >= 4 is 46.1 Å². The SMILES string of the molecule is COc1cc(OC)c(NC(=S)Nc2ccc(N)nc2)cc1Cl. The third-order valence-corrected chi connectivity index (χ3v) is 3.27. The fraction of sp³-hybridized carbons (Fsp3) is 0.143. The number of rotatable bonds is 4. The minimum Gasteiger partial charge on any atom is -0.495 e. The first-order valence-electron chi connectivity index (χ1n) is 6.24. The van der Waals surface area contributed by atoms with Gasteiger partial charge in [0.2, 0.25) is 0 Å². The van der Waals surface area contributed by atoms with E-state index in [0.29, 0.717) is 38.8 Å². The molecule has 0 saturated heterocycles. The lowest BCUT2D eigenvalue weighted by Crippen LogP contribution is -2.19. The number of nitrogens with one attached hydrogen (secondary N) is 2. The van der Waals surface area contributed by atoms with Crippen molar-refractivity contribution < 1.29 is 9.47 Å². The Morgan fingerprint density at radius 2 is 1.91 bits per heavy atom. The van der Waals surface area contributed by atoms with Crippen molar-refractivity contribution in [2.75, 3.05) is 30.6 Å². The molecule has 22 heavy (non-hydrogen) atoms. The van der Waals surface area contributed by atoms with Crippen molar-refractivity contribution in [1.29, 1.82) is 0 Å². The van der Waals surface area contributed by atoms with Crippen molar-refractivity contribution in [2.45, 2.75) is 0 Å². The standard InChI is InChI=1S/C14H15ClN4O2S/c1-20-11-6-12(21-2)10(5-9(11)15)19-14(22)18-8-3-4-13(16)17-7-8/h3-7H,1-2H3,(H2,16,17)(H2,18,19,22). The van der Waals surface area contributed by atoms with Crippen LogP contribution in [-0.4, -0.2) is 24.3 Å². The molecule has 2 aromatic rings. The van der Waals surface area contributed by atoms with Gasteiger partial charge in [-0.05, 0) is 30.4 Å². The van der Waals surface area contributed by atoms with Gasteiger partial charge >= 0.3 is 0 Å². The predicted octanol–water partition coefficient (Wildman–Crippen LogP) is 3.14. The Morgan fingerprint density at radius 3 is 2.50 bits per heavy atom. The zero-order valence-corrected chi connectivity index (χ0v) is 13.6. The molecule has 0 bridgehead atoms. The van der Waals surface area contributed by atoms with Gasteiger partial charge in [0, 0.05) is 6.07 Å². The van der Waals surface area contributed by atoms with E-state index in [0.717, 1.165) is 0 Å². The summed E-state index contributed by atoms with van der Waals surface area (Å²) in [5.41, 5.74) is 6.87. The molecule has 0 aliphatic rings. The Labute approximate surface area is 138 Å². The summed E-state index contributed by atoms with van der Waals surface area (Å²) in [6.45, 7) is 0. The van der Waals surface area contributed by atoms with E-state index in [4.69, 9.17) is 39.0 Å². The summed E-state index contributed by atoms with van der Waals surface area (Å²) in [6, 6.07) is 6.80. The zero-order chi connectivity index (χ0) is 16.1. The number of methoxy groups -OCH3 is 2. The first kappa shape index (κ1) is 16.1. The third-order valence-electron chi connectivity index (χ3n) is 2.77. The smallest absolute Gasteiger partial charge is 0.175 e. The van der Waals surface area contributed by atoms with Crippen molar-refractivity contribution in [2.24, 2.45) is 0 Å². The van der Waals surface area contributed by atoms with Gasteiger partial charge in [0.1, 0.15) is 17.3 Å². The molecule has 0 saturated carbocycles. The van der Waals surface area contributed by atoms with E-state index in [1.54, 1.807) is 37.6 Å². The normalized spacial score (nSPS) is 9.95. The van der Waals surface area contributed by atoms with E-state index in [1.807, 2.05) is 0 Å². The molecule has 0 fully saturated rings. The van der Waals surface area contributed by atoms with Crippen molar-refractivity contribution in [1.82, 2.24) is 4.98 Å². The maximum atomic E-state index is 6.11. The Kier molecular flexibility index (Phi) is 5.24. The van der Waals surface area contributed by atoms with Crippen molar-refractivity contribution in [3.8, 4) is 11.5 Å². The Hall–Kier alpha value is -2.25. The van der Waals surface area contributed by atoms with Crippen LogP contribution in [0.25, 0.3) is 0 Å². The number of anilines is 3. The Bertz CT molecular complexity index is 679. The number of thiocarbonyl (C=S) groups is 1. The van der Waals surface area contributed by atoms with Crippen LogP contribution in [0.5, 0.6) is 11.5 Å². The fourth-order valence-corrected chi connectivity index (χ4v) is 2.19. The number of halogens is 1. The van der Waals surface area contributed by atoms with E-state index in [1.165, 1.54) is 7.11 Å². The van der Waals surface area contributed by atoms with E-state index in [9.17, 15) is 0 Å². The average Bonchev–Trinajstić information content (AvgIpc) is 2.50. The number of hydrogen-bond donors (Lipinski definition) is 3. The summed E-state index contributed by atoms with van der Waals surface area (Å²) in [6.07, 6.45) is 1.58. The van der Waals surface area contributed by atoms with Crippen LogP contribution in [-0.2, 0) is 0 Å². The molecule has 0 spiro atoms. The van der Waals surface area contributed by atoms with E-state index >= 15 is 0 Å². The van der Waals surface area contributed by atoms with E-state index < -0.39 is 0 Å². The fourth-order valence-electron chi connectivity index (χ4n) is 1.72. The first-order valence-corrected chi connectivity index (χ1v) is 7.03. The molecule has 0 aliphatic heterocycles. The quantitative estimate of drug-likeness (QED) is 0.739. The van der Waals surface area contributed by atoms with Crippen molar-refractivity contribution in [3.63, 3.8) is 0 Å². The zero-order valence-electron chi connectivity index (χ0n) is 12.0. The molecule has 0 radical (unpaired) electrons. The monoisotopic (exact) mass is 338 g/mol. The van der Waals surface area contributed by atoms with Crippen molar-refractivity contribution in [3.05, 3.63) is 35.5 Å². The van der Waals surface area contributed by atoms with Gasteiger partial charge in [0.25, 0.3) is 0 Å². The number of aromatic nitrogens is 1. The molecule has 1 aromatic carbocycles. The van der Waals surface area contributed by atoms with Gasteiger partial charge in [-0.2, -0.15) is 0 Å². The van der Waals surface area contributed by atoms with Gasteiger partial charge in [-0.25, -0.2) is 4.98 Å². The first-order chi connectivity index (χ1) is 10.5. The number of pyridine rings is 1. The van der Waals surface area contributed by atoms with Crippen LogP contribution in [0.1, 0.15) is 0 Å². The van der Waals surface area contributed by atoms with Crippen LogP contribution in [0.15, 0.2) is 30.5 Å². The lowest BCUT2D eigenvalue weighted by atomic mass is 10.2. The predicted molar refractivity (Wildman–Crippen MR) is 93.0 cm³/mol. The lowest BCUT2D eigenvalue weighted by molar-refractivity contribution is 0.396. The average molecular weight is 339 g/mol. The number of ether oxygens (including phenoxy) is 2. The van der Waals surface area contributed by atoms with Crippen LogP contribution < -0.4 is 25.8 Å². The lowest BCUT2D eigenvalue weighted by Gasteiger charge is -2.15. The molecule has 1 aromatic heterocycles. The van der Waals surface area contributed by atoms with Crippen LogP contribution in [0, 0.1) is 0 Å². The van der Waals surface area contributed by atoms with Gasteiger partial charge in [0.05, 0.1) is 36.8 Å². The number of hydrogen-bond acceptors (Lipinski definition) is 5. The molecule has 116 valence electrons. The summed E-state index contributed by atoms with van der Waals surface area (Å²) in [5, 5.41) is 6.82. The van der Waals surface area contributed by atoms with Crippen LogP contribution in [0.3, 0.4) is 0 Å². The number of nitrogens with two attached hydrogens (primary N) is 1. The molecule has 4 N–H and O–H groups in total. The second-order valence-corrected chi connectivity index (χ2v) is 5.05. The molecule has 0 aliphatic carbocycles. The summed E-state index contributed by atoms with van der Waals surface area (Å²) in [5.74, 6) is 1.51. The second-order valence-electron chi connectivity index (χ2n) is 4.24. The molecule has 1 heterocycles. The van der Waals surface area contributed by atoms with Crippen LogP contribution in [0.4, 0.5) is 17.2 Å². The molecule has 6 nitrogen and oxygen atoms in total.